The monoisotopic (exact) mass is 348 g/mol. The van der Waals surface area contributed by atoms with Gasteiger partial charge < -0.3 is 0 Å². The van der Waals surface area contributed by atoms with E-state index in [0.29, 0.717) is 19.6 Å². The molecule has 1 N–H and O–H groups in total. The highest BCUT2D eigenvalue weighted by molar-refractivity contribution is 7.89. The van der Waals surface area contributed by atoms with Gasteiger partial charge in [0.15, 0.2) is 0 Å². The highest BCUT2D eigenvalue weighted by atomic mass is 32.2. The minimum atomic E-state index is -3.58. The molecule has 0 bridgehead atoms. The number of hydrogen-bond acceptors (Lipinski definition) is 4. The zero-order valence-electron chi connectivity index (χ0n) is 13.2. The van der Waals surface area contributed by atoms with Crippen LogP contribution in [0.15, 0.2) is 34.1 Å². The minimum Gasteiger partial charge on any atom is -0.211 e. The summed E-state index contributed by atoms with van der Waals surface area (Å²) in [6.45, 7) is 6.61. The number of nitrogens with one attached hydrogen (secondary N) is 1. The van der Waals surface area contributed by atoms with Gasteiger partial charge in [0.1, 0.15) is 0 Å². The van der Waals surface area contributed by atoms with Gasteiger partial charge in [0, 0.05) is 19.6 Å². The Morgan fingerprint density at radius 3 is 1.86 bits per heavy atom. The summed E-state index contributed by atoms with van der Waals surface area (Å²) in [4.78, 5) is 0.172. The van der Waals surface area contributed by atoms with Crippen LogP contribution in [0.25, 0.3) is 0 Å². The summed E-state index contributed by atoms with van der Waals surface area (Å²) in [6.07, 6.45) is 1.65. The number of nitrogens with zero attached hydrogens (tertiary/aromatic N) is 1. The Morgan fingerprint density at radius 1 is 0.909 bits per heavy atom. The smallest absolute Gasteiger partial charge is 0.211 e. The van der Waals surface area contributed by atoms with Crippen molar-refractivity contribution in [3.63, 3.8) is 0 Å². The molecule has 1 rings (SSSR count). The molecule has 126 valence electrons. The fourth-order valence-corrected chi connectivity index (χ4v) is 4.50. The fourth-order valence-electron chi connectivity index (χ4n) is 1.97. The first-order valence-corrected chi connectivity index (χ1v) is 10.3. The molecule has 0 saturated carbocycles. The van der Waals surface area contributed by atoms with Crippen molar-refractivity contribution < 1.29 is 16.8 Å². The van der Waals surface area contributed by atoms with Crippen molar-refractivity contribution in [2.24, 2.45) is 0 Å². The van der Waals surface area contributed by atoms with E-state index in [0.717, 1.165) is 12.8 Å². The van der Waals surface area contributed by atoms with Crippen molar-refractivity contribution in [1.29, 1.82) is 0 Å². The van der Waals surface area contributed by atoms with Gasteiger partial charge in [-0.15, -0.1) is 0 Å². The van der Waals surface area contributed by atoms with E-state index in [4.69, 9.17) is 0 Å². The van der Waals surface area contributed by atoms with Crippen LogP contribution in [0.5, 0.6) is 0 Å². The SMILES string of the molecule is CCCCNS(=O)(=O)c1ccc(S(=O)(=O)N(CC)CC)cc1. The normalized spacial score (nSPS) is 12.7. The van der Waals surface area contributed by atoms with Crippen molar-refractivity contribution in [3.05, 3.63) is 24.3 Å². The topological polar surface area (TPSA) is 83.5 Å². The third-order valence-electron chi connectivity index (χ3n) is 3.30. The van der Waals surface area contributed by atoms with Gasteiger partial charge in [0.2, 0.25) is 20.0 Å². The zero-order valence-corrected chi connectivity index (χ0v) is 14.9. The van der Waals surface area contributed by atoms with Crippen molar-refractivity contribution >= 4 is 20.0 Å². The van der Waals surface area contributed by atoms with E-state index >= 15 is 0 Å². The standard InChI is InChI=1S/C14H24N2O4S2/c1-4-7-12-15-21(17,18)13-8-10-14(11-9-13)22(19,20)16(5-2)6-3/h8-11,15H,4-7,12H2,1-3H3. The number of rotatable bonds is 9. The lowest BCUT2D eigenvalue weighted by Gasteiger charge is -2.18. The number of hydrogen-bond donors (Lipinski definition) is 1. The second kappa shape index (κ2) is 8.05. The van der Waals surface area contributed by atoms with Crippen molar-refractivity contribution in [3.8, 4) is 0 Å². The first-order chi connectivity index (χ1) is 10.3. The van der Waals surface area contributed by atoms with E-state index in [9.17, 15) is 16.8 Å². The summed E-state index contributed by atoms with van der Waals surface area (Å²) in [6, 6.07) is 5.32. The van der Waals surface area contributed by atoms with Crippen LogP contribution >= 0.6 is 0 Å². The van der Waals surface area contributed by atoms with Crippen molar-refractivity contribution in [1.82, 2.24) is 9.03 Å². The zero-order chi connectivity index (χ0) is 16.8. The van der Waals surface area contributed by atoms with Gasteiger partial charge in [-0.1, -0.05) is 27.2 Å². The molecular formula is C14H24N2O4S2. The van der Waals surface area contributed by atoms with Gasteiger partial charge in [0.05, 0.1) is 9.79 Å². The molecule has 0 aliphatic carbocycles. The molecular weight excluding hydrogens is 324 g/mol. The maximum atomic E-state index is 12.3. The van der Waals surface area contributed by atoms with Gasteiger partial charge >= 0.3 is 0 Å². The van der Waals surface area contributed by atoms with Gasteiger partial charge in [-0.2, -0.15) is 4.31 Å². The summed E-state index contributed by atoms with van der Waals surface area (Å²) < 4.78 is 52.6. The molecule has 0 unspecified atom stereocenters. The van der Waals surface area contributed by atoms with Crippen molar-refractivity contribution in [2.45, 2.75) is 43.4 Å². The predicted molar refractivity (Wildman–Crippen MR) is 86.6 cm³/mol. The average molecular weight is 348 g/mol. The Hall–Kier alpha value is -0.960. The number of sulfonamides is 2. The Bertz CT molecular complexity index is 663. The molecule has 0 atom stereocenters. The summed E-state index contributed by atoms with van der Waals surface area (Å²) in [7, 11) is -7.15. The first kappa shape index (κ1) is 19.1. The lowest BCUT2D eigenvalue weighted by Crippen LogP contribution is -2.30. The lowest BCUT2D eigenvalue weighted by atomic mass is 10.3. The summed E-state index contributed by atoms with van der Waals surface area (Å²) in [5.74, 6) is 0. The molecule has 0 amide bonds. The molecule has 0 aliphatic heterocycles. The maximum Gasteiger partial charge on any atom is 0.243 e. The van der Waals surface area contributed by atoms with Crippen LogP contribution in [0, 0.1) is 0 Å². The van der Waals surface area contributed by atoms with Crippen molar-refractivity contribution in [2.75, 3.05) is 19.6 Å². The van der Waals surface area contributed by atoms with E-state index in [1.807, 2.05) is 6.92 Å². The lowest BCUT2D eigenvalue weighted by molar-refractivity contribution is 0.445. The van der Waals surface area contributed by atoms with Gasteiger partial charge in [-0.25, -0.2) is 21.6 Å². The van der Waals surface area contributed by atoms with Crippen LogP contribution in [0.2, 0.25) is 0 Å². The fraction of sp³-hybridized carbons (Fsp3) is 0.571. The van der Waals surface area contributed by atoms with Crippen LogP contribution < -0.4 is 4.72 Å². The van der Waals surface area contributed by atoms with E-state index in [1.54, 1.807) is 13.8 Å². The highest BCUT2D eigenvalue weighted by Crippen LogP contribution is 2.18. The molecule has 0 aromatic heterocycles. The molecule has 0 radical (unpaired) electrons. The minimum absolute atomic E-state index is 0.0714. The molecule has 0 saturated heterocycles. The number of unbranched alkanes of at least 4 members (excludes halogenated alkanes) is 1. The predicted octanol–water partition coefficient (Wildman–Crippen LogP) is 1.80. The van der Waals surface area contributed by atoms with E-state index in [1.165, 1.54) is 28.6 Å². The van der Waals surface area contributed by atoms with Crippen LogP contribution in [0.4, 0.5) is 0 Å². The largest absolute Gasteiger partial charge is 0.243 e. The van der Waals surface area contributed by atoms with E-state index < -0.39 is 20.0 Å². The third-order valence-corrected chi connectivity index (χ3v) is 6.84. The molecule has 0 heterocycles. The average Bonchev–Trinajstić information content (AvgIpc) is 2.48. The van der Waals surface area contributed by atoms with Crippen LogP contribution in [-0.4, -0.2) is 40.8 Å². The van der Waals surface area contributed by atoms with E-state index in [-0.39, 0.29) is 9.79 Å². The Kier molecular flexibility index (Phi) is 6.98. The van der Waals surface area contributed by atoms with Gasteiger partial charge in [0.25, 0.3) is 0 Å². The Balaban J connectivity index is 3.00. The third kappa shape index (κ3) is 4.52. The van der Waals surface area contributed by atoms with Crippen LogP contribution in [0.1, 0.15) is 33.6 Å². The Morgan fingerprint density at radius 2 is 1.41 bits per heavy atom. The highest BCUT2D eigenvalue weighted by Gasteiger charge is 2.22. The summed E-state index contributed by atoms with van der Waals surface area (Å²) >= 11 is 0. The molecule has 6 nitrogen and oxygen atoms in total. The Labute approximate surface area is 133 Å². The molecule has 0 spiro atoms. The second-order valence-electron chi connectivity index (χ2n) is 4.81. The summed E-state index contributed by atoms with van der Waals surface area (Å²) in [5, 5.41) is 0. The summed E-state index contributed by atoms with van der Waals surface area (Å²) in [5.41, 5.74) is 0. The molecule has 1 aromatic rings. The number of benzene rings is 1. The molecule has 1 aromatic carbocycles. The molecule has 0 aliphatic rings. The van der Waals surface area contributed by atoms with Crippen LogP contribution in [-0.2, 0) is 20.0 Å². The quantitative estimate of drug-likeness (QED) is 0.690. The molecule has 22 heavy (non-hydrogen) atoms. The van der Waals surface area contributed by atoms with Gasteiger partial charge in [-0.05, 0) is 30.7 Å². The molecule has 0 fully saturated rings. The van der Waals surface area contributed by atoms with Gasteiger partial charge in [-0.3, -0.25) is 0 Å². The molecule has 8 heteroatoms. The second-order valence-corrected chi connectivity index (χ2v) is 8.52. The van der Waals surface area contributed by atoms with E-state index in [2.05, 4.69) is 4.72 Å². The first-order valence-electron chi connectivity index (χ1n) is 7.39. The maximum absolute atomic E-state index is 12.3. The van der Waals surface area contributed by atoms with Crippen LogP contribution in [0.3, 0.4) is 0 Å².